The number of carbonyl (C=O) groups is 2. The van der Waals surface area contributed by atoms with Gasteiger partial charge in [0.05, 0.1) is 5.92 Å². The third-order valence-corrected chi connectivity index (χ3v) is 4.66. The average Bonchev–Trinajstić information content (AvgIpc) is 2.36. The van der Waals surface area contributed by atoms with E-state index in [-0.39, 0.29) is 12.1 Å². The number of hydrogen-bond acceptors (Lipinski definition) is 3. The van der Waals surface area contributed by atoms with E-state index < -0.39 is 11.9 Å². The molecule has 0 aromatic carbocycles. The van der Waals surface area contributed by atoms with Crippen LogP contribution in [0.15, 0.2) is 0 Å². The molecule has 0 spiro atoms. The van der Waals surface area contributed by atoms with E-state index in [1.807, 2.05) is 11.8 Å². The minimum absolute atomic E-state index is 0.276. The van der Waals surface area contributed by atoms with Crippen molar-refractivity contribution >= 4 is 23.8 Å². The number of carboxylic acids is 1. The Balaban J connectivity index is 2.22. The fourth-order valence-corrected chi connectivity index (χ4v) is 3.01. The van der Waals surface area contributed by atoms with Crippen molar-refractivity contribution in [2.45, 2.75) is 44.4 Å². The van der Waals surface area contributed by atoms with Gasteiger partial charge in [0.25, 0.3) is 0 Å². The number of hydrogen-bond donors (Lipinski definition) is 3. The Kier molecular flexibility index (Phi) is 6.32. The van der Waals surface area contributed by atoms with Crippen LogP contribution >= 0.6 is 11.8 Å². The van der Waals surface area contributed by atoms with Crippen LogP contribution in [0.3, 0.4) is 0 Å². The molecule has 1 heterocycles. The van der Waals surface area contributed by atoms with Gasteiger partial charge < -0.3 is 15.7 Å². The van der Waals surface area contributed by atoms with Gasteiger partial charge in [0, 0.05) is 17.8 Å². The van der Waals surface area contributed by atoms with Crippen molar-refractivity contribution in [3.63, 3.8) is 0 Å². The highest BCUT2D eigenvalue weighted by Gasteiger charge is 2.21. The number of thioether (sulfide) groups is 1. The first-order chi connectivity index (χ1) is 8.50. The fourth-order valence-electron chi connectivity index (χ4n) is 1.77. The van der Waals surface area contributed by atoms with Crippen LogP contribution < -0.4 is 10.6 Å². The van der Waals surface area contributed by atoms with Gasteiger partial charge in [-0.05, 0) is 32.4 Å². The molecular formula is C12H22N2O3S. The molecule has 3 unspecified atom stereocenters. The molecule has 1 aliphatic rings. The van der Waals surface area contributed by atoms with Gasteiger partial charge in [0.15, 0.2) is 0 Å². The highest BCUT2D eigenvalue weighted by atomic mass is 32.2. The zero-order valence-electron chi connectivity index (χ0n) is 10.9. The fraction of sp³-hybridized carbons (Fsp3) is 0.833. The molecular weight excluding hydrogens is 252 g/mol. The predicted molar refractivity (Wildman–Crippen MR) is 72.9 cm³/mol. The van der Waals surface area contributed by atoms with Crippen LogP contribution in [-0.4, -0.2) is 40.7 Å². The quantitative estimate of drug-likeness (QED) is 0.713. The highest BCUT2D eigenvalue weighted by Crippen LogP contribution is 2.24. The van der Waals surface area contributed by atoms with Gasteiger partial charge in [-0.1, -0.05) is 6.42 Å². The lowest BCUT2D eigenvalue weighted by Gasteiger charge is -2.23. The van der Waals surface area contributed by atoms with E-state index >= 15 is 0 Å². The minimum Gasteiger partial charge on any atom is -0.481 e. The zero-order valence-corrected chi connectivity index (χ0v) is 11.8. The van der Waals surface area contributed by atoms with Gasteiger partial charge >= 0.3 is 12.0 Å². The number of nitrogens with one attached hydrogen (secondary N) is 2. The maximum atomic E-state index is 11.6. The summed E-state index contributed by atoms with van der Waals surface area (Å²) < 4.78 is 0. The van der Waals surface area contributed by atoms with Crippen LogP contribution in [0.5, 0.6) is 0 Å². The lowest BCUT2D eigenvalue weighted by molar-refractivity contribution is -0.141. The van der Waals surface area contributed by atoms with Crippen molar-refractivity contribution < 1.29 is 14.7 Å². The van der Waals surface area contributed by atoms with E-state index in [4.69, 9.17) is 5.11 Å². The molecule has 18 heavy (non-hydrogen) atoms. The van der Waals surface area contributed by atoms with E-state index in [1.165, 1.54) is 18.6 Å². The number of carbonyl (C=O) groups excluding carboxylic acids is 1. The van der Waals surface area contributed by atoms with Crippen LogP contribution in [-0.2, 0) is 4.79 Å². The van der Waals surface area contributed by atoms with E-state index in [1.54, 1.807) is 13.8 Å². The van der Waals surface area contributed by atoms with Crippen LogP contribution in [0.1, 0.15) is 33.1 Å². The molecule has 3 N–H and O–H groups in total. The first kappa shape index (κ1) is 15.1. The third kappa shape index (κ3) is 5.16. The summed E-state index contributed by atoms with van der Waals surface area (Å²) in [6.45, 7) is 3.95. The van der Waals surface area contributed by atoms with Gasteiger partial charge in [-0.3, -0.25) is 4.79 Å². The maximum Gasteiger partial charge on any atom is 0.315 e. The second-order valence-corrected chi connectivity index (χ2v) is 6.17. The predicted octanol–water partition coefficient (Wildman–Crippen LogP) is 1.68. The van der Waals surface area contributed by atoms with Crippen molar-refractivity contribution in [2.24, 2.45) is 5.92 Å². The van der Waals surface area contributed by atoms with Gasteiger partial charge in [0.2, 0.25) is 0 Å². The van der Waals surface area contributed by atoms with Gasteiger partial charge in [-0.25, -0.2) is 4.79 Å². The SMILES string of the molecule is CC(NC(=O)NCC1CCCCS1)C(C)C(=O)O. The summed E-state index contributed by atoms with van der Waals surface area (Å²) in [6, 6.07) is -0.650. The monoisotopic (exact) mass is 274 g/mol. The molecule has 5 nitrogen and oxygen atoms in total. The van der Waals surface area contributed by atoms with Crippen molar-refractivity contribution in [1.29, 1.82) is 0 Å². The number of urea groups is 1. The summed E-state index contributed by atoms with van der Waals surface area (Å²) in [6.07, 6.45) is 3.64. The number of rotatable bonds is 5. The molecule has 0 aromatic heterocycles. The summed E-state index contributed by atoms with van der Waals surface area (Å²) in [5.41, 5.74) is 0. The Bertz CT molecular complexity index is 293. The average molecular weight is 274 g/mol. The molecule has 0 bridgehead atoms. The van der Waals surface area contributed by atoms with Crippen LogP contribution in [0.2, 0.25) is 0 Å². The number of amides is 2. The Morgan fingerprint density at radius 1 is 1.39 bits per heavy atom. The lowest BCUT2D eigenvalue weighted by Crippen LogP contribution is -2.46. The van der Waals surface area contributed by atoms with Crippen molar-refractivity contribution in [3.8, 4) is 0 Å². The van der Waals surface area contributed by atoms with Crippen molar-refractivity contribution in [3.05, 3.63) is 0 Å². The topological polar surface area (TPSA) is 78.4 Å². The second-order valence-electron chi connectivity index (χ2n) is 4.76. The molecule has 104 valence electrons. The summed E-state index contributed by atoms with van der Waals surface area (Å²) >= 11 is 1.90. The summed E-state index contributed by atoms with van der Waals surface area (Å²) in [7, 11) is 0. The molecule has 0 aliphatic carbocycles. The minimum atomic E-state index is -0.898. The molecule has 0 saturated carbocycles. The third-order valence-electron chi connectivity index (χ3n) is 3.26. The van der Waals surface area contributed by atoms with Crippen molar-refractivity contribution in [1.82, 2.24) is 10.6 Å². The molecule has 0 radical (unpaired) electrons. The molecule has 0 aromatic rings. The first-order valence-corrected chi connectivity index (χ1v) is 7.44. The normalized spacial score (nSPS) is 22.9. The number of carboxylic acid groups (broad SMARTS) is 1. The zero-order chi connectivity index (χ0) is 13.5. The van der Waals surface area contributed by atoms with Gasteiger partial charge in [0.1, 0.15) is 0 Å². The molecule has 3 atom stereocenters. The van der Waals surface area contributed by atoms with Crippen LogP contribution in [0.25, 0.3) is 0 Å². The summed E-state index contributed by atoms with van der Waals surface area (Å²) in [5, 5.41) is 14.8. The standard InChI is InChI=1S/C12H22N2O3S/c1-8(11(15)16)9(2)14-12(17)13-7-10-5-3-4-6-18-10/h8-10H,3-7H2,1-2H3,(H,15,16)(H2,13,14,17). The van der Waals surface area contributed by atoms with E-state index in [0.29, 0.717) is 11.8 Å². The Morgan fingerprint density at radius 2 is 2.11 bits per heavy atom. The maximum absolute atomic E-state index is 11.6. The van der Waals surface area contributed by atoms with Crippen molar-refractivity contribution in [2.75, 3.05) is 12.3 Å². The van der Waals surface area contributed by atoms with Crippen LogP contribution in [0.4, 0.5) is 4.79 Å². The summed E-state index contributed by atoms with van der Waals surface area (Å²) in [4.78, 5) is 22.4. The van der Waals surface area contributed by atoms with E-state index in [0.717, 1.165) is 6.42 Å². The highest BCUT2D eigenvalue weighted by molar-refractivity contribution is 7.99. The second kappa shape index (κ2) is 7.51. The molecule has 1 rings (SSSR count). The molecule has 2 amide bonds. The van der Waals surface area contributed by atoms with E-state index in [9.17, 15) is 9.59 Å². The van der Waals surface area contributed by atoms with Gasteiger partial charge in [-0.2, -0.15) is 11.8 Å². The van der Waals surface area contributed by atoms with Gasteiger partial charge in [-0.15, -0.1) is 0 Å². The Morgan fingerprint density at radius 3 is 2.67 bits per heavy atom. The smallest absolute Gasteiger partial charge is 0.315 e. The van der Waals surface area contributed by atoms with Crippen LogP contribution in [0, 0.1) is 5.92 Å². The lowest BCUT2D eigenvalue weighted by atomic mass is 10.0. The molecule has 1 fully saturated rings. The summed E-state index contributed by atoms with van der Waals surface area (Å²) in [5.74, 6) is -0.314. The largest absolute Gasteiger partial charge is 0.481 e. The molecule has 1 aliphatic heterocycles. The first-order valence-electron chi connectivity index (χ1n) is 6.39. The number of aliphatic carboxylic acids is 1. The Labute approximate surface area is 112 Å². The molecule has 6 heteroatoms. The Hall–Kier alpha value is -0.910. The van der Waals surface area contributed by atoms with E-state index in [2.05, 4.69) is 10.6 Å². The molecule has 1 saturated heterocycles.